The lowest BCUT2D eigenvalue weighted by atomic mass is 9.77. The Kier molecular flexibility index (Phi) is 5.44. The van der Waals surface area contributed by atoms with Crippen molar-refractivity contribution in [2.24, 2.45) is 0 Å². The molecule has 0 aromatic heterocycles. The molecule has 2 aromatic rings. The van der Waals surface area contributed by atoms with Crippen LogP contribution in [0, 0.1) is 0 Å². The number of aliphatic hydroxyl groups excluding tert-OH is 1. The minimum atomic E-state index is -0.740. The van der Waals surface area contributed by atoms with Crippen molar-refractivity contribution < 1.29 is 9.90 Å². The number of nitrogens with one attached hydrogen (secondary N) is 2. The molecule has 0 unspecified atom stereocenters. The summed E-state index contributed by atoms with van der Waals surface area (Å²) in [5.74, 6) is -0.0383. The zero-order chi connectivity index (χ0) is 18.6. The molecule has 1 fully saturated rings. The third kappa shape index (κ3) is 3.81. The van der Waals surface area contributed by atoms with E-state index in [4.69, 9.17) is 0 Å². The molecule has 1 heterocycles. The Morgan fingerprint density at radius 1 is 1.15 bits per heavy atom. The van der Waals surface area contributed by atoms with Gasteiger partial charge in [0.2, 0.25) is 5.91 Å². The van der Waals surface area contributed by atoms with Crippen LogP contribution in [0.2, 0.25) is 0 Å². The number of benzene rings is 2. The molecule has 138 valence electrons. The molecule has 0 spiro atoms. The highest BCUT2D eigenvalue weighted by Crippen LogP contribution is 2.33. The van der Waals surface area contributed by atoms with E-state index in [1.165, 1.54) is 0 Å². The maximum Gasteiger partial charge on any atom is 0.221 e. The van der Waals surface area contributed by atoms with Crippen molar-refractivity contribution in [2.45, 2.75) is 43.7 Å². The number of carbonyl (C=O) groups is 1. The maximum absolute atomic E-state index is 13.0. The van der Waals surface area contributed by atoms with E-state index in [0.29, 0.717) is 19.4 Å². The molecule has 0 radical (unpaired) electrons. The Labute approximate surface area is 155 Å². The minimum Gasteiger partial charge on any atom is -0.389 e. The molecule has 3 N–H and O–H groups in total. The predicted molar refractivity (Wildman–Crippen MR) is 104 cm³/mol. The molecule has 4 nitrogen and oxygen atoms in total. The fourth-order valence-corrected chi connectivity index (χ4v) is 3.84. The minimum absolute atomic E-state index is 0.0383. The normalized spacial score (nSPS) is 23.4. The first-order valence-corrected chi connectivity index (χ1v) is 9.25. The average Bonchev–Trinajstić information content (AvgIpc) is 2.65. The standard InChI is InChI=1S/C22H28N2O2/c1-21(2,17-9-5-3-6-10-17)15-20(26)24-22(13-14-23-16-19(22)25)18-11-7-4-8-12-18/h3-12,19,23,25H,13-16H2,1-2H3,(H,24,26)/t19-,22+/m1/s1. The number of rotatable bonds is 5. The highest BCUT2D eigenvalue weighted by Gasteiger charge is 2.43. The lowest BCUT2D eigenvalue weighted by Crippen LogP contribution is -2.61. The molecule has 1 amide bonds. The van der Waals surface area contributed by atoms with Crippen LogP contribution in [0.1, 0.15) is 37.8 Å². The fraction of sp³-hybridized carbons (Fsp3) is 0.409. The molecular formula is C22H28N2O2. The van der Waals surface area contributed by atoms with E-state index >= 15 is 0 Å². The van der Waals surface area contributed by atoms with Gasteiger partial charge in [0.05, 0.1) is 11.6 Å². The number of amides is 1. The van der Waals surface area contributed by atoms with Crippen molar-refractivity contribution in [1.82, 2.24) is 10.6 Å². The lowest BCUT2D eigenvalue weighted by molar-refractivity contribution is -0.126. The molecule has 1 saturated heterocycles. The van der Waals surface area contributed by atoms with Crippen LogP contribution in [-0.2, 0) is 15.7 Å². The molecule has 0 saturated carbocycles. The summed E-state index contributed by atoms with van der Waals surface area (Å²) in [6.07, 6.45) is 0.365. The number of carbonyl (C=O) groups excluding carboxylic acids is 1. The van der Waals surface area contributed by atoms with E-state index in [1.54, 1.807) is 0 Å². The van der Waals surface area contributed by atoms with Crippen molar-refractivity contribution in [3.05, 3.63) is 71.8 Å². The molecule has 2 aromatic carbocycles. The molecular weight excluding hydrogens is 324 g/mol. The maximum atomic E-state index is 13.0. The van der Waals surface area contributed by atoms with Gasteiger partial charge in [0.25, 0.3) is 0 Å². The molecule has 1 aliphatic rings. The summed E-state index contributed by atoms with van der Waals surface area (Å²) >= 11 is 0. The van der Waals surface area contributed by atoms with Crippen LogP contribution >= 0.6 is 0 Å². The zero-order valence-electron chi connectivity index (χ0n) is 15.5. The Balaban J connectivity index is 1.82. The van der Waals surface area contributed by atoms with Crippen molar-refractivity contribution in [3.63, 3.8) is 0 Å². The Morgan fingerprint density at radius 2 is 1.77 bits per heavy atom. The second kappa shape index (κ2) is 7.60. The summed E-state index contributed by atoms with van der Waals surface area (Å²) in [7, 11) is 0. The Morgan fingerprint density at radius 3 is 2.38 bits per heavy atom. The third-order valence-corrected chi connectivity index (χ3v) is 5.41. The topological polar surface area (TPSA) is 61.4 Å². The molecule has 0 bridgehead atoms. The van der Waals surface area contributed by atoms with Gasteiger partial charge < -0.3 is 15.7 Å². The predicted octanol–water partition coefficient (Wildman–Crippen LogP) is 2.72. The van der Waals surface area contributed by atoms with Crippen LogP contribution in [0.3, 0.4) is 0 Å². The quantitative estimate of drug-likeness (QED) is 0.775. The van der Waals surface area contributed by atoms with Gasteiger partial charge in [-0.05, 0) is 29.5 Å². The van der Waals surface area contributed by atoms with Crippen LogP contribution in [0.15, 0.2) is 60.7 Å². The van der Waals surface area contributed by atoms with Crippen LogP contribution in [0.5, 0.6) is 0 Å². The van der Waals surface area contributed by atoms with Crippen molar-refractivity contribution in [3.8, 4) is 0 Å². The van der Waals surface area contributed by atoms with Crippen LogP contribution < -0.4 is 10.6 Å². The number of hydrogen-bond donors (Lipinski definition) is 3. The van der Waals surface area contributed by atoms with Gasteiger partial charge in [0, 0.05) is 13.0 Å². The average molecular weight is 352 g/mol. The Bertz CT molecular complexity index is 730. The number of piperidine rings is 1. The summed E-state index contributed by atoms with van der Waals surface area (Å²) in [6.45, 7) is 5.39. The number of aliphatic hydroxyl groups is 1. The van der Waals surface area contributed by atoms with Gasteiger partial charge in [-0.15, -0.1) is 0 Å². The summed E-state index contributed by atoms with van der Waals surface area (Å²) in [4.78, 5) is 13.0. The second-order valence-corrected chi connectivity index (χ2v) is 7.78. The van der Waals surface area contributed by atoms with E-state index in [2.05, 4.69) is 36.6 Å². The van der Waals surface area contributed by atoms with Gasteiger partial charge in [0.1, 0.15) is 0 Å². The first-order chi connectivity index (χ1) is 12.4. The summed E-state index contributed by atoms with van der Waals surface area (Å²) in [6, 6.07) is 19.9. The third-order valence-electron chi connectivity index (χ3n) is 5.41. The molecule has 4 heteroatoms. The van der Waals surface area contributed by atoms with Crippen LogP contribution in [0.25, 0.3) is 0 Å². The highest BCUT2D eigenvalue weighted by atomic mass is 16.3. The lowest BCUT2D eigenvalue weighted by Gasteiger charge is -2.43. The highest BCUT2D eigenvalue weighted by molar-refractivity contribution is 5.78. The monoisotopic (exact) mass is 352 g/mol. The van der Waals surface area contributed by atoms with E-state index in [9.17, 15) is 9.90 Å². The molecule has 1 aliphatic heterocycles. The second-order valence-electron chi connectivity index (χ2n) is 7.78. The number of β-amino-alcohol motifs (C(OH)–C–C–N with tert-alkyl or cyclic N) is 1. The van der Waals surface area contributed by atoms with Crippen LogP contribution in [-0.4, -0.2) is 30.2 Å². The SMILES string of the molecule is CC(C)(CC(=O)N[C@]1(c2ccccc2)CCNC[C@H]1O)c1ccccc1. The smallest absolute Gasteiger partial charge is 0.221 e. The number of hydrogen-bond acceptors (Lipinski definition) is 3. The van der Waals surface area contributed by atoms with Gasteiger partial charge in [-0.25, -0.2) is 0 Å². The molecule has 26 heavy (non-hydrogen) atoms. The first-order valence-electron chi connectivity index (χ1n) is 9.25. The largest absolute Gasteiger partial charge is 0.389 e. The summed E-state index contributed by atoms with van der Waals surface area (Å²) < 4.78 is 0. The van der Waals surface area contributed by atoms with Crippen LogP contribution in [0.4, 0.5) is 0 Å². The fourth-order valence-electron chi connectivity index (χ4n) is 3.84. The molecule has 0 aliphatic carbocycles. The van der Waals surface area contributed by atoms with E-state index in [0.717, 1.165) is 17.7 Å². The summed E-state index contributed by atoms with van der Waals surface area (Å²) in [5.41, 5.74) is 1.08. The van der Waals surface area contributed by atoms with Gasteiger partial charge >= 0.3 is 0 Å². The van der Waals surface area contributed by atoms with Gasteiger partial charge in [0.15, 0.2) is 0 Å². The van der Waals surface area contributed by atoms with E-state index < -0.39 is 11.6 Å². The summed E-state index contributed by atoms with van der Waals surface area (Å²) in [5, 5.41) is 17.2. The van der Waals surface area contributed by atoms with Crippen molar-refractivity contribution in [1.29, 1.82) is 0 Å². The van der Waals surface area contributed by atoms with Gasteiger partial charge in [-0.1, -0.05) is 74.5 Å². The van der Waals surface area contributed by atoms with Crippen molar-refractivity contribution in [2.75, 3.05) is 13.1 Å². The first kappa shape index (κ1) is 18.6. The van der Waals surface area contributed by atoms with E-state index in [1.807, 2.05) is 48.5 Å². The van der Waals surface area contributed by atoms with Gasteiger partial charge in [-0.3, -0.25) is 4.79 Å². The van der Waals surface area contributed by atoms with Gasteiger partial charge in [-0.2, -0.15) is 0 Å². The van der Waals surface area contributed by atoms with E-state index in [-0.39, 0.29) is 11.3 Å². The Hall–Kier alpha value is -2.17. The zero-order valence-corrected chi connectivity index (χ0v) is 15.5. The van der Waals surface area contributed by atoms with Crippen molar-refractivity contribution >= 4 is 5.91 Å². The molecule has 2 atom stereocenters. The molecule has 3 rings (SSSR count).